The average molecular weight is 276 g/mol. The lowest BCUT2D eigenvalue weighted by atomic mass is 10.2. The van der Waals surface area contributed by atoms with Gasteiger partial charge >= 0.3 is 0 Å². The van der Waals surface area contributed by atoms with Crippen molar-refractivity contribution >= 4 is 12.6 Å². The van der Waals surface area contributed by atoms with Gasteiger partial charge in [-0.3, -0.25) is 9.59 Å². The van der Waals surface area contributed by atoms with E-state index >= 15 is 0 Å². The van der Waals surface area contributed by atoms with Crippen LogP contribution < -0.4 is 0 Å². The van der Waals surface area contributed by atoms with Crippen molar-refractivity contribution in [1.82, 2.24) is 0 Å². The third-order valence-corrected chi connectivity index (χ3v) is 2.32. The Bertz CT molecular complexity index is 601. The summed E-state index contributed by atoms with van der Waals surface area (Å²) in [7, 11) is 0. The van der Waals surface area contributed by atoms with Crippen LogP contribution in [0, 0.1) is 0 Å². The molecule has 0 saturated carbocycles. The standard InChI is InChI=1S/2C7H6O3/c8-4-5-3-6(9)1-2-7(5)10;8-4-5-6(9)2-1-3-7(5)10/h2*1-4,9-10H. The van der Waals surface area contributed by atoms with E-state index in [2.05, 4.69) is 0 Å². The number of aromatic hydroxyl groups is 4. The van der Waals surface area contributed by atoms with E-state index in [1.54, 1.807) is 0 Å². The van der Waals surface area contributed by atoms with Crippen molar-refractivity contribution in [3.05, 3.63) is 47.5 Å². The van der Waals surface area contributed by atoms with E-state index in [1.807, 2.05) is 0 Å². The maximum Gasteiger partial charge on any atom is 0.157 e. The van der Waals surface area contributed by atoms with Crippen molar-refractivity contribution in [3.8, 4) is 23.0 Å². The summed E-state index contributed by atoms with van der Waals surface area (Å²) in [5, 5.41) is 35.5. The second-order valence-corrected chi connectivity index (χ2v) is 3.69. The molecule has 0 heterocycles. The molecule has 2 rings (SSSR count). The van der Waals surface area contributed by atoms with Crippen LogP contribution in [0.3, 0.4) is 0 Å². The van der Waals surface area contributed by atoms with E-state index < -0.39 is 0 Å². The van der Waals surface area contributed by atoms with Crippen molar-refractivity contribution < 1.29 is 30.0 Å². The van der Waals surface area contributed by atoms with Crippen molar-refractivity contribution in [2.45, 2.75) is 0 Å². The normalized spacial score (nSPS) is 9.20. The van der Waals surface area contributed by atoms with Gasteiger partial charge in [0.05, 0.1) is 11.1 Å². The fourth-order valence-electron chi connectivity index (χ4n) is 1.30. The molecule has 4 N–H and O–H groups in total. The van der Waals surface area contributed by atoms with Crippen LogP contribution in [-0.4, -0.2) is 33.0 Å². The summed E-state index contributed by atoms with van der Waals surface area (Å²) in [6, 6.07) is 7.90. The zero-order chi connectivity index (χ0) is 15.1. The molecule has 104 valence electrons. The Morgan fingerprint density at radius 3 is 1.75 bits per heavy atom. The highest BCUT2D eigenvalue weighted by Gasteiger charge is 2.03. The molecular formula is C14H12O6. The second-order valence-electron chi connectivity index (χ2n) is 3.69. The monoisotopic (exact) mass is 276 g/mol. The molecular weight excluding hydrogens is 264 g/mol. The number of rotatable bonds is 2. The first kappa shape index (κ1) is 15.0. The van der Waals surface area contributed by atoms with Crippen LogP contribution >= 0.6 is 0 Å². The first-order valence-electron chi connectivity index (χ1n) is 5.43. The molecule has 0 saturated heterocycles. The van der Waals surface area contributed by atoms with Crippen molar-refractivity contribution in [3.63, 3.8) is 0 Å². The molecule has 0 aromatic heterocycles. The highest BCUT2D eigenvalue weighted by molar-refractivity contribution is 5.83. The molecule has 0 radical (unpaired) electrons. The number of phenolic OH excluding ortho intramolecular Hbond substituents is 4. The van der Waals surface area contributed by atoms with Gasteiger partial charge in [-0.2, -0.15) is 0 Å². The Kier molecular flexibility index (Phi) is 5.11. The molecule has 2 aromatic carbocycles. The summed E-state index contributed by atoms with van der Waals surface area (Å²) in [6.07, 6.45) is 0.889. The molecule has 6 heteroatoms. The van der Waals surface area contributed by atoms with E-state index in [0.717, 1.165) is 0 Å². The fraction of sp³-hybridized carbons (Fsp3) is 0. The molecule has 2 aromatic rings. The minimum Gasteiger partial charge on any atom is -0.508 e. The van der Waals surface area contributed by atoms with E-state index in [-0.39, 0.29) is 34.1 Å². The summed E-state index contributed by atoms with van der Waals surface area (Å²) in [5.74, 6) is -0.544. The second kappa shape index (κ2) is 6.79. The molecule has 0 unspecified atom stereocenters. The van der Waals surface area contributed by atoms with Gasteiger partial charge in [0.15, 0.2) is 12.6 Å². The lowest BCUT2D eigenvalue weighted by Gasteiger charge is -1.97. The molecule has 0 aliphatic carbocycles. The Balaban J connectivity index is 0.000000200. The number of hydrogen-bond donors (Lipinski definition) is 4. The van der Waals surface area contributed by atoms with Gasteiger partial charge in [-0.05, 0) is 30.3 Å². The van der Waals surface area contributed by atoms with Crippen molar-refractivity contribution in [2.75, 3.05) is 0 Å². The molecule has 0 aliphatic rings. The number of hydrogen-bond acceptors (Lipinski definition) is 6. The summed E-state index contributed by atoms with van der Waals surface area (Å²) in [5.41, 5.74) is 0.0301. The van der Waals surface area contributed by atoms with Crippen LogP contribution in [0.1, 0.15) is 20.7 Å². The predicted molar refractivity (Wildman–Crippen MR) is 70.3 cm³/mol. The third-order valence-electron chi connectivity index (χ3n) is 2.32. The maximum absolute atomic E-state index is 10.1. The molecule has 0 aliphatic heterocycles. The van der Waals surface area contributed by atoms with Crippen LogP contribution in [0.15, 0.2) is 36.4 Å². The number of aldehydes is 2. The van der Waals surface area contributed by atoms with Crippen LogP contribution in [0.2, 0.25) is 0 Å². The Hall–Kier alpha value is -3.02. The van der Waals surface area contributed by atoms with Gasteiger partial charge < -0.3 is 20.4 Å². The summed E-state index contributed by atoms with van der Waals surface area (Å²) in [4.78, 5) is 20.2. The Morgan fingerprint density at radius 2 is 1.35 bits per heavy atom. The van der Waals surface area contributed by atoms with Crippen LogP contribution in [0.5, 0.6) is 23.0 Å². The molecule has 0 fully saturated rings. The van der Waals surface area contributed by atoms with Crippen LogP contribution in [0.4, 0.5) is 0 Å². The van der Waals surface area contributed by atoms with Gasteiger partial charge in [0.2, 0.25) is 0 Å². The van der Waals surface area contributed by atoms with Gasteiger partial charge in [-0.25, -0.2) is 0 Å². The molecule has 6 nitrogen and oxygen atoms in total. The lowest BCUT2D eigenvalue weighted by Crippen LogP contribution is -1.80. The molecule has 0 bridgehead atoms. The predicted octanol–water partition coefficient (Wildman–Crippen LogP) is 1.82. The van der Waals surface area contributed by atoms with E-state index in [9.17, 15) is 9.59 Å². The zero-order valence-electron chi connectivity index (χ0n) is 10.2. The largest absolute Gasteiger partial charge is 0.508 e. The number of phenols is 4. The van der Waals surface area contributed by atoms with Crippen LogP contribution in [0.25, 0.3) is 0 Å². The first-order chi connectivity index (χ1) is 9.49. The van der Waals surface area contributed by atoms with E-state index in [1.165, 1.54) is 36.4 Å². The number of benzene rings is 2. The number of carbonyl (C=O) groups excluding carboxylic acids is 2. The first-order valence-corrected chi connectivity index (χ1v) is 5.43. The molecule has 20 heavy (non-hydrogen) atoms. The van der Waals surface area contributed by atoms with Crippen molar-refractivity contribution in [1.29, 1.82) is 0 Å². The van der Waals surface area contributed by atoms with E-state index in [4.69, 9.17) is 20.4 Å². The number of carbonyl (C=O) groups is 2. The Morgan fingerprint density at radius 1 is 0.750 bits per heavy atom. The highest BCUT2D eigenvalue weighted by atomic mass is 16.3. The maximum atomic E-state index is 10.1. The third kappa shape index (κ3) is 3.74. The molecule has 0 atom stereocenters. The highest BCUT2D eigenvalue weighted by Crippen LogP contribution is 2.23. The van der Waals surface area contributed by atoms with Gasteiger partial charge in [0.1, 0.15) is 23.0 Å². The molecule has 0 spiro atoms. The van der Waals surface area contributed by atoms with Gasteiger partial charge in [-0.1, -0.05) is 6.07 Å². The topological polar surface area (TPSA) is 115 Å². The Labute approximate surface area is 114 Å². The quantitative estimate of drug-likeness (QED) is 0.491. The van der Waals surface area contributed by atoms with Gasteiger partial charge in [-0.15, -0.1) is 0 Å². The van der Waals surface area contributed by atoms with Gasteiger partial charge in [0, 0.05) is 0 Å². The minimum absolute atomic E-state index is 0.0279. The lowest BCUT2D eigenvalue weighted by molar-refractivity contribution is 0.111. The van der Waals surface area contributed by atoms with Gasteiger partial charge in [0.25, 0.3) is 0 Å². The fourth-order valence-corrected chi connectivity index (χ4v) is 1.30. The zero-order valence-corrected chi connectivity index (χ0v) is 10.2. The minimum atomic E-state index is -0.199. The van der Waals surface area contributed by atoms with E-state index in [0.29, 0.717) is 12.6 Å². The SMILES string of the molecule is O=Cc1c(O)cccc1O.O=Cc1cc(O)ccc1O. The molecule has 0 amide bonds. The summed E-state index contributed by atoms with van der Waals surface area (Å²) < 4.78 is 0. The van der Waals surface area contributed by atoms with Crippen LogP contribution in [-0.2, 0) is 0 Å². The summed E-state index contributed by atoms with van der Waals surface area (Å²) >= 11 is 0. The van der Waals surface area contributed by atoms with Crippen molar-refractivity contribution in [2.24, 2.45) is 0 Å². The average Bonchev–Trinajstić information content (AvgIpc) is 2.42. The smallest absolute Gasteiger partial charge is 0.157 e. The summed E-state index contributed by atoms with van der Waals surface area (Å²) in [6.45, 7) is 0.